The molecule has 2 N–H and O–H groups in total. The van der Waals surface area contributed by atoms with Gasteiger partial charge in [-0.15, -0.1) is 0 Å². The van der Waals surface area contributed by atoms with Crippen LogP contribution in [0.4, 0.5) is 5.69 Å². The molecule has 1 aromatic rings. The minimum absolute atomic E-state index is 0.0204. The Morgan fingerprint density at radius 2 is 1.60 bits per heavy atom. The smallest absolute Gasteiger partial charge is 0.303 e. The van der Waals surface area contributed by atoms with Gasteiger partial charge in [-0.25, -0.2) is 0 Å². The van der Waals surface area contributed by atoms with E-state index >= 15 is 0 Å². The van der Waals surface area contributed by atoms with Gasteiger partial charge < -0.3 is 15.3 Å². The summed E-state index contributed by atoms with van der Waals surface area (Å²) in [4.78, 5) is 37.3. The molecule has 30 heavy (non-hydrogen) atoms. The molecule has 1 atom stereocenters. The minimum atomic E-state index is -0.893. The molecule has 0 aliphatic rings. The minimum Gasteiger partial charge on any atom is -0.481 e. The SMILES string of the molecule is C[C@@H](CC(C)(C)C)C(=O)Nc1ccc(CCN(C)C(=O)CC(C)(C)CC(=O)O)cc1. The molecule has 6 nitrogen and oxygen atoms in total. The monoisotopic (exact) mass is 418 g/mol. The van der Waals surface area contributed by atoms with Gasteiger partial charge in [0.25, 0.3) is 0 Å². The maximum Gasteiger partial charge on any atom is 0.303 e. The van der Waals surface area contributed by atoms with Gasteiger partial charge >= 0.3 is 5.97 Å². The molecular formula is C24H38N2O4. The fourth-order valence-corrected chi connectivity index (χ4v) is 3.47. The predicted octanol–water partition coefficient (Wildman–Crippen LogP) is 4.59. The van der Waals surface area contributed by atoms with E-state index in [1.54, 1.807) is 25.8 Å². The molecule has 0 fully saturated rings. The summed E-state index contributed by atoms with van der Waals surface area (Å²) < 4.78 is 0. The quantitative estimate of drug-likeness (QED) is 0.582. The van der Waals surface area contributed by atoms with E-state index in [0.29, 0.717) is 13.0 Å². The van der Waals surface area contributed by atoms with Crippen LogP contribution in [0.1, 0.15) is 66.4 Å². The molecule has 168 valence electrons. The van der Waals surface area contributed by atoms with Crippen molar-refractivity contribution in [3.05, 3.63) is 29.8 Å². The van der Waals surface area contributed by atoms with Gasteiger partial charge in [0.1, 0.15) is 0 Å². The number of nitrogens with one attached hydrogen (secondary N) is 1. The van der Waals surface area contributed by atoms with Crippen LogP contribution in [0.3, 0.4) is 0 Å². The van der Waals surface area contributed by atoms with Crippen molar-refractivity contribution in [2.45, 2.75) is 67.2 Å². The summed E-state index contributed by atoms with van der Waals surface area (Å²) in [5.41, 5.74) is 1.37. The Balaban J connectivity index is 2.53. The van der Waals surface area contributed by atoms with Crippen LogP contribution in [-0.4, -0.2) is 41.4 Å². The fourth-order valence-electron chi connectivity index (χ4n) is 3.47. The van der Waals surface area contributed by atoms with Gasteiger partial charge in [-0.1, -0.05) is 53.7 Å². The van der Waals surface area contributed by atoms with Gasteiger partial charge in [0.15, 0.2) is 0 Å². The fraction of sp³-hybridized carbons (Fsp3) is 0.625. The van der Waals surface area contributed by atoms with E-state index in [9.17, 15) is 14.4 Å². The summed E-state index contributed by atoms with van der Waals surface area (Å²) in [7, 11) is 1.74. The summed E-state index contributed by atoms with van der Waals surface area (Å²) in [5.74, 6) is -0.991. The van der Waals surface area contributed by atoms with Crippen molar-refractivity contribution < 1.29 is 19.5 Å². The maximum atomic E-state index is 12.4. The first-order valence-corrected chi connectivity index (χ1v) is 10.5. The lowest BCUT2D eigenvalue weighted by Crippen LogP contribution is -2.33. The largest absolute Gasteiger partial charge is 0.481 e. The van der Waals surface area contributed by atoms with E-state index in [0.717, 1.165) is 17.7 Å². The highest BCUT2D eigenvalue weighted by Crippen LogP contribution is 2.26. The van der Waals surface area contributed by atoms with Crippen LogP contribution in [0.25, 0.3) is 0 Å². The second-order valence-electron chi connectivity index (χ2n) is 10.3. The van der Waals surface area contributed by atoms with Gasteiger partial charge in [-0.3, -0.25) is 14.4 Å². The van der Waals surface area contributed by atoms with Gasteiger partial charge in [0, 0.05) is 31.6 Å². The molecule has 0 bridgehead atoms. The van der Waals surface area contributed by atoms with Crippen molar-refractivity contribution >= 4 is 23.5 Å². The molecule has 0 aliphatic heterocycles. The number of amides is 2. The third-order valence-electron chi connectivity index (χ3n) is 5.01. The van der Waals surface area contributed by atoms with E-state index in [1.807, 2.05) is 31.2 Å². The van der Waals surface area contributed by atoms with Crippen LogP contribution < -0.4 is 5.32 Å². The van der Waals surface area contributed by atoms with Crippen LogP contribution in [0.2, 0.25) is 0 Å². The zero-order valence-electron chi connectivity index (χ0n) is 19.5. The van der Waals surface area contributed by atoms with Crippen molar-refractivity contribution in [2.75, 3.05) is 18.9 Å². The summed E-state index contributed by atoms with van der Waals surface area (Å²) in [6.45, 7) is 12.5. The highest BCUT2D eigenvalue weighted by Gasteiger charge is 2.26. The number of carboxylic acid groups (broad SMARTS) is 1. The first-order chi connectivity index (χ1) is 13.7. The predicted molar refractivity (Wildman–Crippen MR) is 120 cm³/mol. The molecule has 1 aromatic carbocycles. The Hall–Kier alpha value is -2.37. The van der Waals surface area contributed by atoms with Gasteiger partial charge in [0.2, 0.25) is 11.8 Å². The molecule has 1 rings (SSSR count). The van der Waals surface area contributed by atoms with Crippen molar-refractivity contribution in [1.29, 1.82) is 0 Å². The number of carbonyl (C=O) groups excluding carboxylic acids is 2. The second kappa shape index (κ2) is 10.6. The second-order valence-corrected chi connectivity index (χ2v) is 10.3. The van der Waals surface area contributed by atoms with Crippen LogP contribution in [0.15, 0.2) is 24.3 Å². The lowest BCUT2D eigenvalue weighted by molar-refractivity contribution is -0.140. The summed E-state index contributed by atoms with van der Waals surface area (Å²) in [5, 5.41) is 11.9. The molecule has 0 saturated heterocycles. The highest BCUT2D eigenvalue weighted by molar-refractivity contribution is 5.92. The van der Waals surface area contributed by atoms with Crippen molar-refractivity contribution in [3.8, 4) is 0 Å². The van der Waals surface area contributed by atoms with Gasteiger partial charge in [-0.2, -0.15) is 0 Å². The zero-order valence-corrected chi connectivity index (χ0v) is 19.5. The van der Waals surface area contributed by atoms with Crippen LogP contribution >= 0.6 is 0 Å². The molecule has 0 spiro atoms. The van der Waals surface area contributed by atoms with E-state index in [2.05, 4.69) is 26.1 Å². The van der Waals surface area contributed by atoms with Gasteiger partial charge in [-0.05, 0) is 41.4 Å². The zero-order chi connectivity index (χ0) is 23.1. The lowest BCUT2D eigenvalue weighted by atomic mass is 9.85. The number of aliphatic carboxylic acids is 1. The number of carboxylic acids is 1. The van der Waals surface area contributed by atoms with Crippen molar-refractivity contribution in [2.24, 2.45) is 16.7 Å². The molecule has 0 unspecified atom stereocenters. The Bertz CT molecular complexity index is 733. The molecule has 0 aliphatic carbocycles. The Kier molecular flexibility index (Phi) is 9.07. The summed E-state index contributed by atoms with van der Waals surface area (Å²) in [6, 6.07) is 7.68. The number of benzene rings is 1. The van der Waals surface area contributed by atoms with Crippen molar-refractivity contribution in [3.63, 3.8) is 0 Å². The number of hydrogen-bond acceptors (Lipinski definition) is 3. The number of likely N-dealkylation sites (N-methyl/N-ethyl adjacent to an activating group) is 1. The number of nitrogens with zero attached hydrogens (tertiary/aromatic N) is 1. The van der Waals surface area contributed by atoms with E-state index in [-0.39, 0.29) is 36.0 Å². The lowest BCUT2D eigenvalue weighted by Gasteiger charge is -2.25. The number of anilines is 1. The molecule has 2 amide bonds. The molecule has 0 heterocycles. The highest BCUT2D eigenvalue weighted by atomic mass is 16.4. The summed E-state index contributed by atoms with van der Waals surface area (Å²) >= 11 is 0. The third-order valence-corrected chi connectivity index (χ3v) is 5.01. The van der Waals surface area contributed by atoms with E-state index < -0.39 is 11.4 Å². The van der Waals surface area contributed by atoms with E-state index in [1.165, 1.54) is 0 Å². The average molecular weight is 419 g/mol. The van der Waals surface area contributed by atoms with E-state index in [4.69, 9.17) is 5.11 Å². The number of hydrogen-bond donors (Lipinski definition) is 2. The van der Waals surface area contributed by atoms with Gasteiger partial charge in [0.05, 0.1) is 6.42 Å². The molecule has 0 aromatic heterocycles. The summed E-state index contributed by atoms with van der Waals surface area (Å²) in [6.07, 6.45) is 1.68. The Morgan fingerprint density at radius 3 is 2.10 bits per heavy atom. The maximum absolute atomic E-state index is 12.4. The molecule has 6 heteroatoms. The number of carbonyl (C=O) groups is 3. The topological polar surface area (TPSA) is 86.7 Å². The van der Waals surface area contributed by atoms with Crippen LogP contribution in [0.5, 0.6) is 0 Å². The molecule has 0 radical (unpaired) electrons. The van der Waals surface area contributed by atoms with Crippen LogP contribution in [0, 0.1) is 16.7 Å². The number of rotatable bonds is 10. The standard InChI is InChI=1S/C24H38N2O4/c1-17(14-23(2,3)4)22(30)25-19-10-8-18(9-11-19)12-13-26(7)20(27)15-24(5,6)16-21(28)29/h8-11,17H,12-16H2,1-7H3,(H,25,30)(H,28,29)/t17-/m0/s1. The average Bonchev–Trinajstić information content (AvgIpc) is 2.57. The Labute approximate surface area is 181 Å². The van der Waals surface area contributed by atoms with Crippen molar-refractivity contribution in [1.82, 2.24) is 4.90 Å². The molecule has 0 saturated carbocycles. The normalized spacial score (nSPS) is 12.9. The first kappa shape index (κ1) is 25.7. The molecular weight excluding hydrogens is 380 g/mol. The third kappa shape index (κ3) is 9.90. The first-order valence-electron chi connectivity index (χ1n) is 10.5. The van der Waals surface area contributed by atoms with Crippen LogP contribution in [-0.2, 0) is 20.8 Å². The Morgan fingerprint density at radius 1 is 1.03 bits per heavy atom.